The van der Waals surface area contributed by atoms with Crippen LogP contribution in [-0.2, 0) is 25.5 Å². The summed E-state index contributed by atoms with van der Waals surface area (Å²) in [6.45, 7) is 6.05. The van der Waals surface area contributed by atoms with Crippen LogP contribution in [-0.4, -0.2) is 62.7 Å². The van der Waals surface area contributed by atoms with Crippen molar-refractivity contribution >= 4 is 40.3 Å². The highest BCUT2D eigenvalue weighted by atomic mass is 16.6. The van der Waals surface area contributed by atoms with Crippen LogP contribution in [0.15, 0.2) is 115 Å². The van der Waals surface area contributed by atoms with Gasteiger partial charge in [0.25, 0.3) is 0 Å². The number of ether oxygens (including phenoxy) is 1. The topological polar surface area (TPSA) is 149 Å². The van der Waals surface area contributed by atoms with Crippen LogP contribution < -0.4 is 10.6 Å². The summed E-state index contributed by atoms with van der Waals surface area (Å²) in [7, 11) is 0. The van der Waals surface area contributed by atoms with E-state index in [-0.39, 0.29) is 48.5 Å². The van der Waals surface area contributed by atoms with Gasteiger partial charge in [-0.2, -0.15) is 0 Å². The van der Waals surface area contributed by atoms with E-state index in [1.807, 2.05) is 110 Å². The fraction of sp³-hybridized carbons (Fsp3) is 0.298. The summed E-state index contributed by atoms with van der Waals surface area (Å²) < 4.78 is 5.34. The molecule has 7 rings (SSSR count). The number of ketones is 1. The second-order valence-corrected chi connectivity index (χ2v) is 15.2. The summed E-state index contributed by atoms with van der Waals surface area (Å²) in [5.41, 5.74) is 6.89. The summed E-state index contributed by atoms with van der Waals surface area (Å²) in [5.74, 6) is -0.0215. The first-order valence-corrected chi connectivity index (χ1v) is 20.1. The number of aromatic nitrogens is 3. The van der Waals surface area contributed by atoms with Crippen molar-refractivity contribution in [3.05, 3.63) is 132 Å². The predicted molar refractivity (Wildman–Crippen MR) is 226 cm³/mol. The molecule has 4 aromatic carbocycles. The van der Waals surface area contributed by atoms with Crippen molar-refractivity contribution in [3.8, 4) is 22.5 Å². The fourth-order valence-corrected chi connectivity index (χ4v) is 7.85. The third-order valence-electron chi connectivity index (χ3n) is 10.6. The molecule has 1 fully saturated rings. The van der Waals surface area contributed by atoms with E-state index in [2.05, 4.69) is 32.7 Å². The SMILES string of the molecule is CCCN(CC(=O)Nc1ccc(-c2cc3cc(-c4c[nH]c([C@@H]5CCCC5C(=O)[C@H](NC(=O)OC(C)C)c5ccccc5)n4)ccc3[nH]2)cc1)C(=O)Cc1ccccc1. The third kappa shape index (κ3) is 9.54. The minimum absolute atomic E-state index is 0.00869. The van der Waals surface area contributed by atoms with Crippen molar-refractivity contribution in [1.82, 2.24) is 25.2 Å². The molecule has 3 amide bonds. The number of benzene rings is 4. The summed E-state index contributed by atoms with van der Waals surface area (Å²) in [5, 5.41) is 6.79. The van der Waals surface area contributed by atoms with Crippen LogP contribution in [0.1, 0.15) is 75.4 Å². The molecule has 58 heavy (non-hydrogen) atoms. The number of anilines is 1. The zero-order valence-corrected chi connectivity index (χ0v) is 33.2. The predicted octanol–water partition coefficient (Wildman–Crippen LogP) is 8.97. The molecule has 1 aliphatic carbocycles. The lowest BCUT2D eigenvalue weighted by Crippen LogP contribution is -2.39. The zero-order valence-electron chi connectivity index (χ0n) is 33.2. The van der Waals surface area contributed by atoms with Gasteiger partial charge in [-0.1, -0.05) is 92.2 Å². The monoisotopic (exact) mass is 778 g/mol. The second kappa shape index (κ2) is 18.2. The number of amides is 3. The maximum absolute atomic E-state index is 14.1. The van der Waals surface area contributed by atoms with E-state index >= 15 is 0 Å². The van der Waals surface area contributed by atoms with Gasteiger partial charge in [0, 0.05) is 52.4 Å². The normalized spacial score (nSPS) is 15.6. The maximum Gasteiger partial charge on any atom is 0.408 e. The van der Waals surface area contributed by atoms with E-state index in [9.17, 15) is 19.2 Å². The fourth-order valence-electron chi connectivity index (χ4n) is 7.85. The standard InChI is InChI=1S/C47H50N6O5/c1-4-24-53(43(55)25-31-12-7-5-8-13-31)29-42(54)49-36-21-18-32(19-22-36)40-27-35-26-34(20-23-39(35)50-40)41-28-48-46(51-41)38-17-11-16-37(38)45(56)44(33-14-9-6-10-15-33)52-47(57)58-30(2)3/h5-10,12-15,18-23,26-28,30,37-38,44,50H,4,11,16-17,24-25,29H2,1-3H3,(H,48,51)(H,49,54)(H,52,57)/t37?,38-,44-/m1/s1. The van der Waals surface area contributed by atoms with E-state index in [1.54, 1.807) is 18.7 Å². The van der Waals surface area contributed by atoms with Crippen LogP contribution in [0.4, 0.5) is 10.5 Å². The van der Waals surface area contributed by atoms with Crippen LogP contribution in [0, 0.1) is 5.92 Å². The molecule has 1 aliphatic rings. The van der Waals surface area contributed by atoms with Gasteiger partial charge >= 0.3 is 6.09 Å². The first-order chi connectivity index (χ1) is 28.1. The average Bonchev–Trinajstić information content (AvgIpc) is 4.00. The van der Waals surface area contributed by atoms with Crippen LogP contribution >= 0.6 is 0 Å². The smallest absolute Gasteiger partial charge is 0.408 e. The molecule has 0 aliphatic heterocycles. The summed E-state index contributed by atoms with van der Waals surface area (Å²) in [4.78, 5) is 66.3. The van der Waals surface area contributed by atoms with E-state index in [0.717, 1.165) is 69.6 Å². The Morgan fingerprint density at radius 2 is 1.60 bits per heavy atom. The van der Waals surface area contributed by atoms with Crippen molar-refractivity contribution in [2.45, 2.75) is 70.9 Å². The Kier molecular flexibility index (Phi) is 12.5. The van der Waals surface area contributed by atoms with Gasteiger partial charge in [-0.25, -0.2) is 9.78 Å². The number of imidazole rings is 1. The van der Waals surface area contributed by atoms with E-state index in [4.69, 9.17) is 9.72 Å². The van der Waals surface area contributed by atoms with Gasteiger partial charge in [0.1, 0.15) is 11.9 Å². The number of carbonyl (C=O) groups excluding carboxylic acids is 4. The quantitative estimate of drug-likeness (QED) is 0.0818. The molecule has 4 N–H and O–H groups in total. The summed E-state index contributed by atoms with van der Waals surface area (Å²) >= 11 is 0. The van der Waals surface area contributed by atoms with Gasteiger partial charge in [-0.15, -0.1) is 0 Å². The highest BCUT2D eigenvalue weighted by molar-refractivity contribution is 5.95. The first kappa shape index (κ1) is 39.7. The molecule has 3 atom stereocenters. The van der Waals surface area contributed by atoms with E-state index < -0.39 is 12.1 Å². The first-order valence-electron chi connectivity index (χ1n) is 20.1. The Bertz CT molecular complexity index is 2350. The molecule has 0 bridgehead atoms. The molecule has 0 spiro atoms. The molecular weight excluding hydrogens is 729 g/mol. The Labute approximate surface area is 338 Å². The van der Waals surface area contributed by atoms with Gasteiger partial charge in [0.05, 0.1) is 24.8 Å². The lowest BCUT2D eigenvalue weighted by atomic mass is 9.85. The van der Waals surface area contributed by atoms with Gasteiger partial charge in [0.15, 0.2) is 5.78 Å². The largest absolute Gasteiger partial charge is 0.447 e. The number of carbonyl (C=O) groups is 4. The molecule has 6 aromatic rings. The van der Waals surface area contributed by atoms with Gasteiger partial charge in [-0.3, -0.25) is 14.4 Å². The van der Waals surface area contributed by atoms with E-state index in [0.29, 0.717) is 18.7 Å². The molecule has 2 heterocycles. The molecule has 11 heteroatoms. The molecule has 0 radical (unpaired) electrons. The summed E-state index contributed by atoms with van der Waals surface area (Å²) in [6, 6.07) is 33.9. The number of nitrogens with one attached hydrogen (secondary N) is 4. The second-order valence-electron chi connectivity index (χ2n) is 15.2. The number of Topliss-reactive ketones (excluding diaryl/α,β-unsaturated/α-hetero) is 1. The van der Waals surface area contributed by atoms with Crippen LogP contribution in [0.3, 0.4) is 0 Å². The molecule has 0 saturated heterocycles. The maximum atomic E-state index is 14.1. The number of hydrogen-bond acceptors (Lipinski definition) is 6. The number of alkyl carbamates (subject to hydrolysis) is 1. The van der Waals surface area contributed by atoms with Crippen molar-refractivity contribution in [2.24, 2.45) is 5.92 Å². The molecule has 1 unspecified atom stereocenters. The number of aromatic amines is 2. The highest BCUT2D eigenvalue weighted by Crippen LogP contribution is 2.42. The lowest BCUT2D eigenvalue weighted by Gasteiger charge is -2.24. The Morgan fingerprint density at radius 3 is 2.33 bits per heavy atom. The van der Waals surface area contributed by atoms with Crippen molar-refractivity contribution in [2.75, 3.05) is 18.4 Å². The zero-order chi connectivity index (χ0) is 40.6. The molecule has 298 valence electrons. The van der Waals surface area contributed by atoms with Crippen LogP contribution in [0.2, 0.25) is 0 Å². The third-order valence-corrected chi connectivity index (χ3v) is 10.6. The number of fused-ring (bicyclic) bond motifs is 1. The van der Waals surface area contributed by atoms with Crippen LogP contribution in [0.5, 0.6) is 0 Å². The lowest BCUT2D eigenvalue weighted by molar-refractivity contribution is -0.134. The highest BCUT2D eigenvalue weighted by Gasteiger charge is 2.40. The summed E-state index contributed by atoms with van der Waals surface area (Å²) in [6.07, 6.45) is 4.40. The van der Waals surface area contributed by atoms with Crippen molar-refractivity contribution < 1.29 is 23.9 Å². The van der Waals surface area contributed by atoms with E-state index in [1.165, 1.54) is 0 Å². The Hall–Kier alpha value is -6.49. The average molecular weight is 779 g/mol. The number of nitrogens with zero attached hydrogens (tertiary/aromatic N) is 2. The van der Waals surface area contributed by atoms with Crippen molar-refractivity contribution in [3.63, 3.8) is 0 Å². The number of hydrogen-bond donors (Lipinski definition) is 4. The minimum Gasteiger partial charge on any atom is -0.447 e. The minimum atomic E-state index is -0.823. The van der Waals surface area contributed by atoms with Crippen molar-refractivity contribution in [1.29, 1.82) is 0 Å². The number of H-pyrrole nitrogens is 2. The molecular formula is C47H50N6O5. The van der Waals surface area contributed by atoms with Gasteiger partial charge < -0.3 is 30.2 Å². The van der Waals surface area contributed by atoms with Gasteiger partial charge in [0.2, 0.25) is 11.8 Å². The number of rotatable bonds is 15. The molecule has 1 saturated carbocycles. The Balaban J connectivity index is 1.01. The molecule has 11 nitrogen and oxygen atoms in total. The molecule has 2 aromatic heterocycles. The van der Waals surface area contributed by atoms with Gasteiger partial charge in [-0.05, 0) is 80.1 Å². The Morgan fingerprint density at radius 1 is 0.879 bits per heavy atom. The van der Waals surface area contributed by atoms with Crippen LogP contribution in [0.25, 0.3) is 33.4 Å².